The number of hydrogen-bond donors (Lipinski definition) is 0. The molecule has 0 heterocycles. The minimum absolute atomic E-state index is 0.112. The van der Waals surface area contributed by atoms with Crippen LogP contribution in [0.2, 0.25) is 0 Å². The average molecular weight is 163 g/mol. The third kappa shape index (κ3) is 1.53. The van der Waals surface area contributed by atoms with E-state index < -0.39 is 0 Å². The Kier molecular flexibility index (Phi) is 2.57. The topological polar surface area (TPSA) is 23.8 Å². The lowest BCUT2D eigenvalue weighted by atomic mass is 9.70. The Hall–Kier alpha value is -0.770. The lowest BCUT2D eigenvalue weighted by Gasteiger charge is -2.32. The smallest absolute Gasteiger partial charge is 0.0693 e. The van der Waals surface area contributed by atoms with Gasteiger partial charge in [0.1, 0.15) is 0 Å². The second-order valence-corrected chi connectivity index (χ2v) is 4.05. The summed E-state index contributed by atoms with van der Waals surface area (Å²) in [5.74, 6) is 0.516. The molecule has 0 radical (unpaired) electrons. The summed E-state index contributed by atoms with van der Waals surface area (Å²) in [6.07, 6.45) is 5.45. The summed E-state index contributed by atoms with van der Waals surface area (Å²) in [6, 6.07) is 2.43. The highest BCUT2D eigenvalue weighted by atomic mass is 14.4. The summed E-state index contributed by atoms with van der Waals surface area (Å²) in [5, 5.41) is 9.00. The molecule has 0 amide bonds. The maximum Gasteiger partial charge on any atom is 0.0693 e. The Labute approximate surface area is 75.1 Å². The predicted octanol–water partition coefficient (Wildman–Crippen LogP) is 3.28. The second kappa shape index (κ2) is 3.31. The van der Waals surface area contributed by atoms with E-state index in [1.165, 1.54) is 5.57 Å². The molecule has 0 saturated carbocycles. The standard InChI is InChI=1S/C11H17N/c1-4-10-5-6-11(3,8-12)9(2)7-10/h5,9H,4,6-7H2,1-3H3. The van der Waals surface area contributed by atoms with E-state index in [-0.39, 0.29) is 5.41 Å². The van der Waals surface area contributed by atoms with E-state index in [0.717, 1.165) is 19.3 Å². The van der Waals surface area contributed by atoms with E-state index in [4.69, 9.17) is 5.26 Å². The van der Waals surface area contributed by atoms with E-state index in [2.05, 4.69) is 32.9 Å². The summed E-state index contributed by atoms with van der Waals surface area (Å²) in [4.78, 5) is 0. The Morgan fingerprint density at radius 2 is 2.42 bits per heavy atom. The molecule has 12 heavy (non-hydrogen) atoms. The van der Waals surface area contributed by atoms with E-state index >= 15 is 0 Å². The predicted molar refractivity (Wildman–Crippen MR) is 50.5 cm³/mol. The van der Waals surface area contributed by atoms with E-state index in [9.17, 15) is 0 Å². The number of allylic oxidation sites excluding steroid dienone is 2. The minimum Gasteiger partial charge on any atom is -0.198 e. The van der Waals surface area contributed by atoms with Crippen molar-refractivity contribution in [2.75, 3.05) is 0 Å². The number of nitriles is 1. The summed E-state index contributed by atoms with van der Waals surface area (Å²) >= 11 is 0. The highest BCUT2D eigenvalue weighted by Crippen LogP contribution is 2.39. The monoisotopic (exact) mass is 163 g/mol. The molecular weight excluding hydrogens is 146 g/mol. The third-order valence-corrected chi connectivity index (χ3v) is 3.18. The molecule has 0 bridgehead atoms. The maximum absolute atomic E-state index is 9.00. The summed E-state index contributed by atoms with van der Waals surface area (Å²) < 4.78 is 0. The van der Waals surface area contributed by atoms with E-state index in [0.29, 0.717) is 5.92 Å². The SMILES string of the molecule is CCC1=CCC(C)(C#N)C(C)C1. The van der Waals surface area contributed by atoms with Gasteiger partial charge in [0.25, 0.3) is 0 Å². The summed E-state index contributed by atoms with van der Waals surface area (Å²) in [7, 11) is 0. The Balaban J connectivity index is 2.78. The van der Waals surface area contributed by atoms with Gasteiger partial charge in [-0.25, -0.2) is 0 Å². The molecule has 0 N–H and O–H groups in total. The van der Waals surface area contributed by atoms with Gasteiger partial charge in [-0.1, -0.05) is 25.5 Å². The highest BCUT2D eigenvalue weighted by Gasteiger charge is 2.33. The van der Waals surface area contributed by atoms with Gasteiger partial charge in [-0.05, 0) is 32.1 Å². The quantitative estimate of drug-likeness (QED) is 0.544. The molecule has 0 saturated heterocycles. The highest BCUT2D eigenvalue weighted by molar-refractivity contribution is 5.15. The first-order chi connectivity index (χ1) is 5.62. The van der Waals surface area contributed by atoms with Gasteiger partial charge in [-0.2, -0.15) is 5.26 Å². The Morgan fingerprint density at radius 3 is 2.83 bits per heavy atom. The van der Waals surface area contributed by atoms with Gasteiger partial charge < -0.3 is 0 Å². The fraction of sp³-hybridized carbons (Fsp3) is 0.727. The van der Waals surface area contributed by atoms with Crippen LogP contribution in [0.3, 0.4) is 0 Å². The van der Waals surface area contributed by atoms with Gasteiger partial charge in [0.05, 0.1) is 11.5 Å². The first-order valence-electron chi connectivity index (χ1n) is 4.71. The van der Waals surface area contributed by atoms with Crippen molar-refractivity contribution in [3.8, 4) is 6.07 Å². The van der Waals surface area contributed by atoms with Crippen molar-refractivity contribution in [2.24, 2.45) is 11.3 Å². The number of nitrogens with zero attached hydrogens (tertiary/aromatic N) is 1. The molecular formula is C11H17N. The van der Waals surface area contributed by atoms with Crippen LogP contribution in [-0.4, -0.2) is 0 Å². The molecule has 0 aromatic heterocycles. The molecule has 1 heteroatoms. The third-order valence-electron chi connectivity index (χ3n) is 3.18. The van der Waals surface area contributed by atoms with Gasteiger partial charge in [-0.15, -0.1) is 0 Å². The van der Waals surface area contributed by atoms with Gasteiger partial charge in [-0.3, -0.25) is 0 Å². The largest absolute Gasteiger partial charge is 0.198 e. The van der Waals surface area contributed by atoms with Crippen molar-refractivity contribution in [3.05, 3.63) is 11.6 Å². The van der Waals surface area contributed by atoms with Crippen LogP contribution in [0.25, 0.3) is 0 Å². The van der Waals surface area contributed by atoms with Crippen molar-refractivity contribution in [1.29, 1.82) is 5.26 Å². The molecule has 1 aliphatic rings. The summed E-state index contributed by atoms with van der Waals surface area (Å²) in [5.41, 5.74) is 1.41. The van der Waals surface area contributed by atoms with Crippen LogP contribution in [0.1, 0.15) is 40.0 Å². The van der Waals surface area contributed by atoms with Crippen LogP contribution in [-0.2, 0) is 0 Å². The van der Waals surface area contributed by atoms with Gasteiger partial charge >= 0.3 is 0 Å². The zero-order valence-electron chi connectivity index (χ0n) is 8.22. The van der Waals surface area contributed by atoms with Crippen LogP contribution in [0.4, 0.5) is 0 Å². The molecule has 2 unspecified atom stereocenters. The van der Waals surface area contributed by atoms with Crippen LogP contribution in [0.15, 0.2) is 11.6 Å². The van der Waals surface area contributed by atoms with Crippen LogP contribution in [0, 0.1) is 22.7 Å². The van der Waals surface area contributed by atoms with Crippen molar-refractivity contribution in [2.45, 2.75) is 40.0 Å². The van der Waals surface area contributed by atoms with Gasteiger partial charge in [0.2, 0.25) is 0 Å². The normalized spacial score (nSPS) is 35.5. The van der Waals surface area contributed by atoms with Crippen molar-refractivity contribution in [3.63, 3.8) is 0 Å². The Morgan fingerprint density at radius 1 is 1.75 bits per heavy atom. The minimum atomic E-state index is -0.112. The second-order valence-electron chi connectivity index (χ2n) is 4.05. The fourth-order valence-electron chi connectivity index (χ4n) is 1.70. The average Bonchev–Trinajstić information content (AvgIpc) is 2.10. The maximum atomic E-state index is 9.00. The molecule has 0 aromatic carbocycles. The van der Waals surface area contributed by atoms with Crippen molar-refractivity contribution < 1.29 is 0 Å². The molecule has 0 aromatic rings. The number of rotatable bonds is 1. The van der Waals surface area contributed by atoms with Gasteiger partial charge in [0, 0.05) is 0 Å². The van der Waals surface area contributed by atoms with Crippen molar-refractivity contribution in [1.82, 2.24) is 0 Å². The molecule has 0 aliphatic heterocycles. The Bertz CT molecular complexity index is 234. The van der Waals surface area contributed by atoms with Crippen LogP contribution in [0.5, 0.6) is 0 Å². The molecule has 0 fully saturated rings. The molecule has 1 aliphatic carbocycles. The first-order valence-corrected chi connectivity index (χ1v) is 4.71. The zero-order chi connectivity index (χ0) is 9.19. The van der Waals surface area contributed by atoms with Crippen LogP contribution >= 0.6 is 0 Å². The van der Waals surface area contributed by atoms with E-state index in [1.807, 2.05) is 0 Å². The lowest BCUT2D eigenvalue weighted by Crippen LogP contribution is -2.26. The summed E-state index contributed by atoms with van der Waals surface area (Å²) in [6.45, 7) is 6.44. The van der Waals surface area contributed by atoms with E-state index in [1.54, 1.807) is 0 Å². The molecule has 2 atom stereocenters. The van der Waals surface area contributed by atoms with Crippen molar-refractivity contribution >= 4 is 0 Å². The van der Waals surface area contributed by atoms with Crippen LogP contribution < -0.4 is 0 Å². The lowest BCUT2D eigenvalue weighted by molar-refractivity contribution is 0.270. The zero-order valence-corrected chi connectivity index (χ0v) is 8.22. The van der Waals surface area contributed by atoms with Gasteiger partial charge in [0.15, 0.2) is 0 Å². The molecule has 1 nitrogen and oxygen atoms in total. The molecule has 1 rings (SSSR count). The molecule has 0 spiro atoms. The first kappa shape index (κ1) is 9.32. The number of hydrogen-bond acceptors (Lipinski definition) is 1. The molecule has 66 valence electrons. The fourth-order valence-corrected chi connectivity index (χ4v) is 1.70.